The summed E-state index contributed by atoms with van der Waals surface area (Å²) in [7, 11) is -2.19. The fourth-order valence-corrected chi connectivity index (χ4v) is 7.82. The van der Waals surface area contributed by atoms with Crippen LogP contribution in [-0.2, 0) is 38.9 Å². The first-order valence-electron chi connectivity index (χ1n) is 14.2. The van der Waals surface area contributed by atoms with E-state index in [-0.39, 0.29) is 49.3 Å². The maximum Gasteiger partial charge on any atom is 0.310 e. The van der Waals surface area contributed by atoms with Crippen molar-refractivity contribution in [1.82, 2.24) is 29.0 Å². The Hall–Kier alpha value is -3.48. The lowest BCUT2D eigenvalue weighted by atomic mass is 10.1. The van der Waals surface area contributed by atoms with Crippen LogP contribution in [0.2, 0.25) is 5.02 Å². The number of halogens is 1. The molecule has 0 spiro atoms. The van der Waals surface area contributed by atoms with E-state index in [2.05, 4.69) is 20.9 Å². The van der Waals surface area contributed by atoms with Gasteiger partial charge >= 0.3 is 5.91 Å². The number of rotatable bonds is 6. The van der Waals surface area contributed by atoms with Gasteiger partial charge in [-0.1, -0.05) is 11.6 Å². The minimum atomic E-state index is -4.15. The van der Waals surface area contributed by atoms with E-state index in [1.807, 2.05) is 7.05 Å². The van der Waals surface area contributed by atoms with E-state index in [0.29, 0.717) is 66.5 Å². The van der Waals surface area contributed by atoms with Crippen LogP contribution < -0.4 is 0 Å². The number of morpholine rings is 1. The van der Waals surface area contributed by atoms with Crippen LogP contribution in [-0.4, -0.2) is 115 Å². The molecule has 228 valence electrons. The number of nitrogens with one attached hydrogen (secondary N) is 1. The number of aromatic amines is 1. The molecule has 2 fully saturated rings. The Morgan fingerprint density at radius 3 is 2.74 bits per heavy atom. The topological polar surface area (TPSA) is 156 Å². The normalized spacial score (nSPS) is 20.3. The number of ether oxygens (including phenoxy) is 1. The zero-order valence-electron chi connectivity index (χ0n) is 23.7. The Balaban J connectivity index is 1.31. The smallest absolute Gasteiger partial charge is 0.310 e. The average molecular weight is 630 g/mol. The Morgan fingerprint density at radius 1 is 1.19 bits per heavy atom. The third-order valence-corrected chi connectivity index (χ3v) is 10.4. The zero-order chi connectivity index (χ0) is 30.3. The van der Waals surface area contributed by atoms with Gasteiger partial charge in [0.2, 0.25) is 5.91 Å². The van der Waals surface area contributed by atoms with Gasteiger partial charge in [-0.15, -0.1) is 0 Å². The molecule has 0 radical (unpaired) electrons. The summed E-state index contributed by atoms with van der Waals surface area (Å²) in [6.45, 7) is 2.94. The van der Waals surface area contributed by atoms with Crippen LogP contribution in [0, 0.1) is 11.3 Å². The number of likely N-dealkylation sites (N-methyl/N-ethyl adjacent to an activating group) is 1. The predicted molar refractivity (Wildman–Crippen MR) is 155 cm³/mol. The lowest BCUT2D eigenvalue weighted by Gasteiger charge is -2.40. The average Bonchev–Trinajstić information content (AvgIpc) is 3.59. The van der Waals surface area contributed by atoms with Gasteiger partial charge in [-0.2, -0.15) is 9.57 Å². The molecule has 43 heavy (non-hydrogen) atoms. The zero-order valence-corrected chi connectivity index (χ0v) is 25.3. The highest BCUT2D eigenvalue weighted by atomic mass is 35.5. The lowest BCUT2D eigenvalue weighted by Crippen LogP contribution is -2.58. The van der Waals surface area contributed by atoms with Crippen LogP contribution in [0.25, 0.3) is 10.9 Å². The number of carbonyl (C=O) groups is 2. The van der Waals surface area contributed by atoms with Gasteiger partial charge in [0.25, 0.3) is 15.9 Å². The number of nitriles is 1. The maximum atomic E-state index is 14.1. The van der Waals surface area contributed by atoms with Crippen molar-refractivity contribution in [3.05, 3.63) is 46.1 Å². The molecule has 1 atom stereocenters. The molecular weight excluding hydrogens is 598 g/mol. The first-order chi connectivity index (χ1) is 20.7. The van der Waals surface area contributed by atoms with Crippen molar-refractivity contribution < 1.29 is 27.2 Å². The highest BCUT2D eigenvalue weighted by molar-refractivity contribution is 7.89. The molecule has 6 rings (SSSR count). The summed E-state index contributed by atoms with van der Waals surface area (Å²) < 4.78 is 40.7. The van der Waals surface area contributed by atoms with Crippen molar-refractivity contribution >= 4 is 44.3 Å². The SMILES string of the molecule is CN1CCc2nc(C(=O)N3CCN(S(=O)(=O)c4[nH]c5ccc(Cl)cc5c4CC#N)CC3CC(=O)N3CCOCC3)oc2C1. The summed E-state index contributed by atoms with van der Waals surface area (Å²) in [5.41, 5.74) is 1.61. The third kappa shape index (κ3) is 5.75. The molecule has 5 heterocycles. The van der Waals surface area contributed by atoms with E-state index >= 15 is 0 Å². The molecule has 13 nitrogen and oxygen atoms in total. The van der Waals surface area contributed by atoms with Gasteiger partial charge in [0.15, 0.2) is 5.03 Å². The summed E-state index contributed by atoms with van der Waals surface area (Å²) in [6, 6.07) is 6.23. The molecule has 0 bridgehead atoms. The number of carbonyl (C=O) groups excluding carboxylic acids is 2. The molecule has 3 aliphatic heterocycles. The van der Waals surface area contributed by atoms with Crippen molar-refractivity contribution in [2.24, 2.45) is 0 Å². The van der Waals surface area contributed by atoms with Gasteiger partial charge < -0.3 is 23.9 Å². The lowest BCUT2D eigenvalue weighted by molar-refractivity contribution is -0.136. The van der Waals surface area contributed by atoms with Crippen LogP contribution in [0.3, 0.4) is 0 Å². The Morgan fingerprint density at radius 2 is 1.98 bits per heavy atom. The van der Waals surface area contributed by atoms with Gasteiger partial charge in [-0.25, -0.2) is 13.4 Å². The largest absolute Gasteiger partial charge is 0.436 e. The van der Waals surface area contributed by atoms with Crippen LogP contribution in [0.4, 0.5) is 0 Å². The van der Waals surface area contributed by atoms with E-state index in [0.717, 1.165) is 12.2 Å². The molecule has 0 aliphatic carbocycles. The van der Waals surface area contributed by atoms with E-state index in [4.69, 9.17) is 20.8 Å². The van der Waals surface area contributed by atoms with Gasteiger partial charge in [0.1, 0.15) is 5.76 Å². The highest BCUT2D eigenvalue weighted by Gasteiger charge is 2.41. The monoisotopic (exact) mass is 629 g/mol. The first kappa shape index (κ1) is 29.6. The summed E-state index contributed by atoms with van der Waals surface area (Å²) in [5, 5.41) is 10.4. The molecule has 2 aromatic heterocycles. The minimum Gasteiger partial charge on any atom is -0.436 e. The minimum absolute atomic E-state index is 0.0123. The van der Waals surface area contributed by atoms with Crippen LogP contribution in [0.5, 0.6) is 0 Å². The predicted octanol–water partition coefficient (Wildman–Crippen LogP) is 1.63. The molecule has 3 aromatic rings. The number of hydrogen-bond acceptors (Lipinski definition) is 9. The van der Waals surface area contributed by atoms with Gasteiger partial charge in [0.05, 0.1) is 44.0 Å². The molecule has 1 aromatic carbocycles. The quantitative estimate of drug-likeness (QED) is 0.428. The standard InChI is InChI=1S/C28H32ClN7O6S/c1-33-7-5-23-24(17-33)42-26(31-23)28(38)36-9-8-35(16-19(36)15-25(37)34-10-12-41-13-11-34)43(39,40)27-20(4-6-30)21-14-18(29)2-3-22(21)32-27/h2-3,14,19,32H,4-5,7-13,15-17H2,1H3. The van der Waals surface area contributed by atoms with E-state index in [1.54, 1.807) is 23.1 Å². The second kappa shape index (κ2) is 11.9. The van der Waals surface area contributed by atoms with Crippen molar-refractivity contribution in [2.75, 3.05) is 59.5 Å². The summed E-state index contributed by atoms with van der Waals surface area (Å²) in [4.78, 5) is 39.8. The van der Waals surface area contributed by atoms with Crippen molar-refractivity contribution in [3.63, 3.8) is 0 Å². The second-order valence-corrected chi connectivity index (χ2v) is 13.4. The number of aromatic nitrogens is 2. The van der Waals surface area contributed by atoms with E-state index < -0.39 is 22.0 Å². The summed E-state index contributed by atoms with van der Waals surface area (Å²) in [6.07, 6.45) is 0.443. The number of sulfonamides is 1. The molecule has 2 saturated heterocycles. The number of amides is 2. The van der Waals surface area contributed by atoms with Crippen LogP contribution in [0.15, 0.2) is 27.6 Å². The number of benzene rings is 1. The van der Waals surface area contributed by atoms with Crippen molar-refractivity contribution in [2.45, 2.75) is 36.9 Å². The number of H-pyrrole nitrogens is 1. The van der Waals surface area contributed by atoms with Crippen molar-refractivity contribution in [1.29, 1.82) is 5.26 Å². The number of hydrogen-bond donors (Lipinski definition) is 1. The van der Waals surface area contributed by atoms with E-state index in [9.17, 15) is 23.3 Å². The van der Waals surface area contributed by atoms with Crippen LogP contribution in [0.1, 0.15) is 34.1 Å². The molecule has 1 unspecified atom stereocenters. The van der Waals surface area contributed by atoms with Gasteiger partial charge in [-0.05, 0) is 25.2 Å². The maximum absolute atomic E-state index is 14.1. The molecule has 0 saturated carbocycles. The Bertz CT molecular complexity index is 1710. The molecular formula is C28H32ClN7O6S. The molecule has 2 amide bonds. The fraction of sp³-hybridized carbons (Fsp3) is 0.500. The summed E-state index contributed by atoms with van der Waals surface area (Å²) in [5.74, 6) is -0.0733. The first-order valence-corrected chi connectivity index (χ1v) is 16.0. The molecule has 1 N–H and O–H groups in total. The molecule has 3 aliphatic rings. The highest BCUT2D eigenvalue weighted by Crippen LogP contribution is 2.32. The van der Waals surface area contributed by atoms with Gasteiger partial charge in [-0.3, -0.25) is 14.5 Å². The summed E-state index contributed by atoms with van der Waals surface area (Å²) >= 11 is 6.18. The number of fused-ring (bicyclic) bond motifs is 2. The number of oxazole rings is 1. The Kier molecular flexibility index (Phi) is 8.18. The fourth-order valence-electron chi connectivity index (χ4n) is 5.97. The van der Waals surface area contributed by atoms with Gasteiger partial charge in [0, 0.05) is 73.6 Å². The number of nitrogens with zero attached hydrogens (tertiary/aromatic N) is 6. The number of piperazine rings is 1. The molecule has 15 heteroatoms. The van der Waals surface area contributed by atoms with Crippen molar-refractivity contribution in [3.8, 4) is 6.07 Å². The van der Waals surface area contributed by atoms with E-state index in [1.165, 1.54) is 9.21 Å². The second-order valence-electron chi connectivity index (χ2n) is 11.0. The van der Waals surface area contributed by atoms with Crippen LogP contribution >= 0.6 is 11.6 Å². The third-order valence-electron chi connectivity index (χ3n) is 8.27. The Labute approximate surface area is 254 Å².